The summed E-state index contributed by atoms with van der Waals surface area (Å²) in [6, 6.07) is 11.1. The fraction of sp³-hybridized carbons (Fsp3) is 0.200. The predicted octanol–water partition coefficient (Wildman–Crippen LogP) is 3.14. The molecule has 2 rings (SSSR count). The Morgan fingerprint density at radius 2 is 2.19 bits per heavy atom. The first-order chi connectivity index (χ1) is 10.3. The standard InChI is InChI=1S/C15H16N2O3S/c1-2-19-14-8-4-3-7-13(14)17-15(18)11-20-16-10-12-6-5-9-21-12/h3-10H,2,11H2,1H3,(H,17,18)/b16-10+. The molecule has 0 saturated heterocycles. The van der Waals surface area contributed by atoms with Gasteiger partial charge in [0.15, 0.2) is 6.61 Å². The number of nitrogens with one attached hydrogen (secondary N) is 1. The molecule has 0 aliphatic carbocycles. The van der Waals surface area contributed by atoms with Crippen LogP contribution in [0.25, 0.3) is 0 Å². The summed E-state index contributed by atoms with van der Waals surface area (Å²) in [4.78, 5) is 17.7. The van der Waals surface area contributed by atoms with Gasteiger partial charge in [-0.2, -0.15) is 0 Å². The molecular formula is C15H16N2O3S. The minimum absolute atomic E-state index is 0.150. The van der Waals surface area contributed by atoms with E-state index in [0.717, 1.165) is 4.88 Å². The van der Waals surface area contributed by atoms with Crippen molar-refractivity contribution in [3.8, 4) is 5.75 Å². The summed E-state index contributed by atoms with van der Waals surface area (Å²) in [5.41, 5.74) is 0.621. The second-order valence-corrected chi connectivity index (χ2v) is 4.98. The van der Waals surface area contributed by atoms with Gasteiger partial charge in [0.25, 0.3) is 5.91 Å². The Labute approximate surface area is 127 Å². The number of hydrogen-bond donors (Lipinski definition) is 1. The van der Waals surface area contributed by atoms with Crippen LogP contribution in [0.2, 0.25) is 0 Å². The van der Waals surface area contributed by atoms with Gasteiger partial charge in [-0.15, -0.1) is 11.3 Å². The molecule has 0 bridgehead atoms. The summed E-state index contributed by atoms with van der Waals surface area (Å²) in [5, 5.41) is 8.42. The highest BCUT2D eigenvalue weighted by molar-refractivity contribution is 7.11. The molecule has 0 atom stereocenters. The number of carbonyl (C=O) groups excluding carboxylic acids is 1. The van der Waals surface area contributed by atoms with E-state index in [9.17, 15) is 4.79 Å². The third-order valence-corrected chi connectivity index (χ3v) is 3.26. The van der Waals surface area contributed by atoms with Crippen molar-refractivity contribution in [1.82, 2.24) is 0 Å². The third-order valence-electron chi connectivity index (χ3n) is 2.45. The van der Waals surface area contributed by atoms with Gasteiger partial charge in [0.2, 0.25) is 0 Å². The van der Waals surface area contributed by atoms with Crippen LogP contribution in [0.3, 0.4) is 0 Å². The Kier molecular flexibility index (Phi) is 5.78. The number of ether oxygens (including phenoxy) is 1. The molecule has 1 N–H and O–H groups in total. The molecule has 6 heteroatoms. The average Bonchev–Trinajstić information content (AvgIpc) is 2.99. The third kappa shape index (κ3) is 4.92. The van der Waals surface area contributed by atoms with Gasteiger partial charge >= 0.3 is 0 Å². The molecule has 0 unspecified atom stereocenters. The lowest BCUT2D eigenvalue weighted by Crippen LogP contribution is -2.17. The maximum atomic E-state index is 11.8. The Balaban J connectivity index is 1.82. The molecule has 1 heterocycles. The van der Waals surface area contributed by atoms with Crippen molar-refractivity contribution in [2.24, 2.45) is 5.16 Å². The highest BCUT2D eigenvalue weighted by atomic mass is 32.1. The van der Waals surface area contributed by atoms with Gasteiger partial charge in [-0.25, -0.2) is 0 Å². The van der Waals surface area contributed by atoms with Crippen molar-refractivity contribution in [3.63, 3.8) is 0 Å². The fourth-order valence-corrected chi connectivity index (χ4v) is 2.16. The van der Waals surface area contributed by atoms with Gasteiger partial charge < -0.3 is 14.9 Å². The van der Waals surface area contributed by atoms with Crippen LogP contribution in [-0.4, -0.2) is 25.3 Å². The molecule has 5 nitrogen and oxygen atoms in total. The zero-order valence-corrected chi connectivity index (χ0v) is 12.4. The molecule has 2 aromatic rings. The van der Waals surface area contributed by atoms with E-state index in [0.29, 0.717) is 18.0 Å². The molecular weight excluding hydrogens is 288 g/mol. The molecule has 0 aliphatic heterocycles. The van der Waals surface area contributed by atoms with Crippen molar-refractivity contribution in [1.29, 1.82) is 0 Å². The molecule has 0 aliphatic rings. The number of carbonyl (C=O) groups is 1. The van der Waals surface area contributed by atoms with Crippen LogP contribution in [0.4, 0.5) is 5.69 Å². The van der Waals surface area contributed by atoms with Gasteiger partial charge in [0.05, 0.1) is 18.5 Å². The quantitative estimate of drug-likeness (QED) is 0.631. The molecule has 0 saturated carbocycles. The average molecular weight is 304 g/mol. The van der Waals surface area contributed by atoms with Crippen LogP contribution in [-0.2, 0) is 9.63 Å². The topological polar surface area (TPSA) is 59.9 Å². The maximum Gasteiger partial charge on any atom is 0.265 e. The van der Waals surface area contributed by atoms with Crippen LogP contribution in [0, 0.1) is 0 Å². The summed E-state index contributed by atoms with van der Waals surface area (Å²) in [6.07, 6.45) is 1.58. The lowest BCUT2D eigenvalue weighted by atomic mass is 10.3. The van der Waals surface area contributed by atoms with E-state index < -0.39 is 0 Å². The minimum Gasteiger partial charge on any atom is -0.492 e. The van der Waals surface area contributed by atoms with E-state index in [4.69, 9.17) is 9.57 Å². The smallest absolute Gasteiger partial charge is 0.265 e. The van der Waals surface area contributed by atoms with Gasteiger partial charge in [0, 0.05) is 4.88 Å². The molecule has 1 aromatic carbocycles. The number of thiophene rings is 1. The summed E-state index contributed by atoms with van der Waals surface area (Å²) < 4.78 is 5.43. The second-order valence-electron chi connectivity index (χ2n) is 4.00. The Bertz CT molecular complexity index is 597. The van der Waals surface area contributed by atoms with Crippen molar-refractivity contribution in [2.45, 2.75) is 6.92 Å². The number of anilines is 1. The van der Waals surface area contributed by atoms with Gasteiger partial charge in [-0.3, -0.25) is 4.79 Å². The summed E-state index contributed by atoms with van der Waals surface area (Å²) >= 11 is 1.55. The molecule has 0 fully saturated rings. The zero-order valence-electron chi connectivity index (χ0n) is 11.6. The summed E-state index contributed by atoms with van der Waals surface area (Å²) in [5.74, 6) is 0.348. The van der Waals surface area contributed by atoms with E-state index in [-0.39, 0.29) is 12.5 Å². The lowest BCUT2D eigenvalue weighted by Gasteiger charge is -2.10. The van der Waals surface area contributed by atoms with E-state index in [1.54, 1.807) is 29.7 Å². The minimum atomic E-state index is -0.287. The highest BCUT2D eigenvalue weighted by Crippen LogP contribution is 2.23. The van der Waals surface area contributed by atoms with Gasteiger partial charge in [0.1, 0.15) is 5.75 Å². The first kappa shape index (κ1) is 15.1. The van der Waals surface area contributed by atoms with Gasteiger partial charge in [-0.1, -0.05) is 23.4 Å². The highest BCUT2D eigenvalue weighted by Gasteiger charge is 2.07. The van der Waals surface area contributed by atoms with E-state index in [1.807, 2.05) is 36.6 Å². The number of para-hydroxylation sites is 2. The van der Waals surface area contributed by atoms with Crippen LogP contribution in [0.1, 0.15) is 11.8 Å². The summed E-state index contributed by atoms with van der Waals surface area (Å²) in [7, 11) is 0. The molecule has 1 aromatic heterocycles. The van der Waals surface area contributed by atoms with E-state index in [2.05, 4.69) is 10.5 Å². The first-order valence-electron chi connectivity index (χ1n) is 6.50. The molecule has 1 amide bonds. The maximum absolute atomic E-state index is 11.8. The normalized spacial score (nSPS) is 10.5. The monoisotopic (exact) mass is 304 g/mol. The van der Waals surface area contributed by atoms with Crippen LogP contribution >= 0.6 is 11.3 Å². The number of nitrogens with zero attached hydrogens (tertiary/aromatic N) is 1. The number of hydrogen-bond acceptors (Lipinski definition) is 5. The molecule has 0 radical (unpaired) electrons. The van der Waals surface area contributed by atoms with Crippen molar-refractivity contribution >= 4 is 29.1 Å². The van der Waals surface area contributed by atoms with Crippen molar-refractivity contribution in [3.05, 3.63) is 46.7 Å². The van der Waals surface area contributed by atoms with Crippen molar-refractivity contribution < 1.29 is 14.4 Å². The number of oxime groups is 1. The largest absolute Gasteiger partial charge is 0.492 e. The Morgan fingerprint density at radius 1 is 1.33 bits per heavy atom. The first-order valence-corrected chi connectivity index (χ1v) is 7.38. The van der Waals surface area contributed by atoms with Crippen LogP contribution in [0.5, 0.6) is 5.75 Å². The van der Waals surface area contributed by atoms with E-state index in [1.165, 1.54) is 0 Å². The number of amides is 1. The Hall–Kier alpha value is -2.34. The molecule has 0 spiro atoms. The summed E-state index contributed by atoms with van der Waals surface area (Å²) in [6.45, 7) is 2.28. The predicted molar refractivity (Wildman–Crippen MR) is 84.1 cm³/mol. The SMILES string of the molecule is CCOc1ccccc1NC(=O)CO/N=C/c1cccs1. The zero-order chi connectivity index (χ0) is 14.9. The van der Waals surface area contributed by atoms with Crippen molar-refractivity contribution in [2.75, 3.05) is 18.5 Å². The molecule has 21 heavy (non-hydrogen) atoms. The van der Waals surface area contributed by atoms with Crippen LogP contribution in [0.15, 0.2) is 46.9 Å². The van der Waals surface area contributed by atoms with Crippen LogP contribution < -0.4 is 10.1 Å². The second kappa shape index (κ2) is 8.06. The number of benzene rings is 1. The van der Waals surface area contributed by atoms with Gasteiger partial charge in [-0.05, 0) is 30.5 Å². The van der Waals surface area contributed by atoms with E-state index >= 15 is 0 Å². The molecule has 110 valence electrons. The lowest BCUT2D eigenvalue weighted by molar-refractivity contribution is -0.120. The fourth-order valence-electron chi connectivity index (χ4n) is 1.59. The Morgan fingerprint density at radius 3 is 2.95 bits per heavy atom. The number of rotatable bonds is 7.